The lowest BCUT2D eigenvalue weighted by atomic mass is 10.2. The van der Waals surface area contributed by atoms with Crippen LogP contribution in [0.4, 0.5) is 0 Å². The van der Waals surface area contributed by atoms with Gasteiger partial charge in [0.2, 0.25) is 5.91 Å². The fourth-order valence-electron chi connectivity index (χ4n) is 2.81. The van der Waals surface area contributed by atoms with Crippen LogP contribution in [0.3, 0.4) is 0 Å². The number of nitrogens with one attached hydrogen (secondary N) is 1. The molecule has 0 bridgehead atoms. The van der Waals surface area contributed by atoms with Crippen LogP contribution in [-0.2, 0) is 4.79 Å². The van der Waals surface area contributed by atoms with Crippen LogP contribution in [0.1, 0.15) is 45.4 Å². The number of nitrogens with zero attached hydrogens (tertiary/aromatic N) is 2. The summed E-state index contributed by atoms with van der Waals surface area (Å²) in [6.45, 7) is 6.04. The Morgan fingerprint density at radius 3 is 2.68 bits per heavy atom. The van der Waals surface area contributed by atoms with Crippen molar-refractivity contribution in [1.82, 2.24) is 15.1 Å². The second-order valence-corrected chi connectivity index (χ2v) is 6.12. The minimum atomic E-state index is 0.302. The Morgan fingerprint density at radius 1 is 1.32 bits per heavy atom. The molecule has 0 radical (unpaired) electrons. The normalized spacial score (nSPS) is 23.0. The molecule has 1 saturated carbocycles. The van der Waals surface area contributed by atoms with Crippen molar-refractivity contribution < 1.29 is 4.79 Å². The highest BCUT2D eigenvalue weighted by atomic mass is 16.2. The quantitative estimate of drug-likeness (QED) is 0.723. The van der Waals surface area contributed by atoms with Crippen LogP contribution in [0.2, 0.25) is 0 Å². The maximum Gasteiger partial charge on any atom is 0.236 e. The summed E-state index contributed by atoms with van der Waals surface area (Å²) in [5.41, 5.74) is 0. The lowest BCUT2D eigenvalue weighted by Crippen LogP contribution is -2.44. The van der Waals surface area contributed by atoms with E-state index in [9.17, 15) is 4.79 Å². The Kier molecular flexibility index (Phi) is 5.64. The van der Waals surface area contributed by atoms with Gasteiger partial charge in [-0.1, -0.05) is 13.3 Å². The van der Waals surface area contributed by atoms with Crippen molar-refractivity contribution in [2.75, 3.05) is 33.2 Å². The van der Waals surface area contributed by atoms with Crippen LogP contribution in [0.25, 0.3) is 0 Å². The van der Waals surface area contributed by atoms with Gasteiger partial charge in [-0.2, -0.15) is 0 Å². The van der Waals surface area contributed by atoms with Crippen molar-refractivity contribution in [3.8, 4) is 0 Å². The topological polar surface area (TPSA) is 35.6 Å². The largest absolute Gasteiger partial charge is 0.342 e. The van der Waals surface area contributed by atoms with Crippen LogP contribution < -0.4 is 5.32 Å². The van der Waals surface area contributed by atoms with Gasteiger partial charge in [-0.3, -0.25) is 9.69 Å². The molecule has 0 aromatic heterocycles. The first-order valence-corrected chi connectivity index (χ1v) is 7.92. The van der Waals surface area contributed by atoms with E-state index in [2.05, 4.69) is 17.1 Å². The third-order valence-electron chi connectivity index (χ3n) is 4.32. The third kappa shape index (κ3) is 4.77. The van der Waals surface area contributed by atoms with E-state index in [-0.39, 0.29) is 0 Å². The Morgan fingerprint density at radius 2 is 2.11 bits per heavy atom. The van der Waals surface area contributed by atoms with E-state index in [1.807, 2.05) is 11.9 Å². The van der Waals surface area contributed by atoms with Crippen molar-refractivity contribution in [3.05, 3.63) is 0 Å². The summed E-state index contributed by atoms with van der Waals surface area (Å²) in [5, 5.41) is 3.53. The standard InChI is InChI=1S/C15H29N3O/c1-3-4-10-18(11-13-6-5-9-16-13)12-15(19)17(2)14-7-8-14/h13-14,16H,3-12H2,1-2H3. The zero-order valence-corrected chi connectivity index (χ0v) is 12.5. The maximum absolute atomic E-state index is 12.2. The molecule has 2 fully saturated rings. The molecule has 0 aromatic rings. The maximum atomic E-state index is 12.2. The zero-order valence-electron chi connectivity index (χ0n) is 12.5. The van der Waals surface area contributed by atoms with Crippen molar-refractivity contribution in [1.29, 1.82) is 0 Å². The van der Waals surface area contributed by atoms with Crippen LogP contribution in [0.15, 0.2) is 0 Å². The van der Waals surface area contributed by atoms with Gasteiger partial charge in [-0.15, -0.1) is 0 Å². The summed E-state index contributed by atoms with van der Waals surface area (Å²) in [7, 11) is 1.96. The molecule has 2 rings (SSSR count). The predicted octanol–water partition coefficient (Wildman–Crippen LogP) is 1.46. The third-order valence-corrected chi connectivity index (χ3v) is 4.32. The van der Waals surface area contributed by atoms with E-state index in [0.717, 1.165) is 19.6 Å². The molecule has 4 nitrogen and oxygen atoms in total. The average molecular weight is 267 g/mol. The highest BCUT2D eigenvalue weighted by Crippen LogP contribution is 2.25. The molecule has 1 heterocycles. The van der Waals surface area contributed by atoms with E-state index in [4.69, 9.17) is 0 Å². The molecule has 1 unspecified atom stereocenters. The summed E-state index contributed by atoms with van der Waals surface area (Å²) in [5.74, 6) is 0.302. The van der Waals surface area contributed by atoms with E-state index in [0.29, 0.717) is 24.5 Å². The second-order valence-electron chi connectivity index (χ2n) is 6.12. The first-order chi connectivity index (χ1) is 9.20. The van der Waals surface area contributed by atoms with Gasteiger partial charge < -0.3 is 10.2 Å². The first kappa shape index (κ1) is 14.8. The van der Waals surface area contributed by atoms with Gasteiger partial charge in [0, 0.05) is 25.7 Å². The molecular weight excluding hydrogens is 238 g/mol. The van der Waals surface area contributed by atoms with E-state index < -0.39 is 0 Å². The molecule has 0 aromatic carbocycles. The molecule has 1 amide bonds. The van der Waals surface area contributed by atoms with Crippen molar-refractivity contribution in [2.45, 2.75) is 57.5 Å². The lowest BCUT2D eigenvalue weighted by molar-refractivity contribution is -0.131. The minimum Gasteiger partial charge on any atom is -0.342 e. The van der Waals surface area contributed by atoms with Gasteiger partial charge >= 0.3 is 0 Å². The smallest absolute Gasteiger partial charge is 0.236 e. The van der Waals surface area contributed by atoms with E-state index in [1.165, 1.54) is 38.5 Å². The molecule has 1 N–H and O–H groups in total. The molecule has 110 valence electrons. The molecule has 4 heteroatoms. The lowest BCUT2D eigenvalue weighted by Gasteiger charge is -2.27. The molecule has 1 aliphatic heterocycles. The molecular formula is C15H29N3O. The highest BCUT2D eigenvalue weighted by molar-refractivity contribution is 5.78. The molecule has 1 aliphatic carbocycles. The number of carbonyl (C=O) groups is 1. The summed E-state index contributed by atoms with van der Waals surface area (Å²) >= 11 is 0. The number of likely N-dealkylation sites (N-methyl/N-ethyl adjacent to an activating group) is 1. The number of hydrogen-bond acceptors (Lipinski definition) is 3. The van der Waals surface area contributed by atoms with Crippen LogP contribution in [0, 0.1) is 0 Å². The van der Waals surface area contributed by atoms with Gasteiger partial charge in [-0.25, -0.2) is 0 Å². The molecule has 1 saturated heterocycles. The van der Waals surface area contributed by atoms with Gasteiger partial charge in [0.25, 0.3) is 0 Å². The van der Waals surface area contributed by atoms with Gasteiger partial charge in [0.1, 0.15) is 0 Å². The molecule has 0 spiro atoms. The molecule has 2 aliphatic rings. The number of unbranched alkanes of at least 4 members (excludes halogenated alkanes) is 1. The van der Waals surface area contributed by atoms with Crippen LogP contribution in [0.5, 0.6) is 0 Å². The van der Waals surface area contributed by atoms with Crippen LogP contribution in [-0.4, -0.2) is 61.0 Å². The Balaban J connectivity index is 1.79. The van der Waals surface area contributed by atoms with Crippen molar-refractivity contribution >= 4 is 5.91 Å². The number of amides is 1. The SMILES string of the molecule is CCCCN(CC(=O)N(C)C1CC1)CC1CCCN1. The number of hydrogen-bond donors (Lipinski definition) is 1. The second kappa shape index (κ2) is 7.25. The fraction of sp³-hybridized carbons (Fsp3) is 0.933. The predicted molar refractivity (Wildman–Crippen MR) is 78.2 cm³/mol. The molecule has 1 atom stereocenters. The van der Waals surface area contributed by atoms with Crippen molar-refractivity contribution in [3.63, 3.8) is 0 Å². The van der Waals surface area contributed by atoms with Gasteiger partial charge in [-0.05, 0) is 45.2 Å². The van der Waals surface area contributed by atoms with Crippen molar-refractivity contribution in [2.24, 2.45) is 0 Å². The van der Waals surface area contributed by atoms with Gasteiger partial charge in [0.05, 0.1) is 6.54 Å². The summed E-state index contributed by atoms with van der Waals surface area (Å²) in [4.78, 5) is 16.5. The van der Waals surface area contributed by atoms with Gasteiger partial charge in [0.15, 0.2) is 0 Å². The average Bonchev–Trinajstić information content (AvgIpc) is 3.13. The molecule has 19 heavy (non-hydrogen) atoms. The summed E-state index contributed by atoms with van der Waals surface area (Å²) in [6, 6.07) is 1.13. The highest BCUT2D eigenvalue weighted by Gasteiger charge is 2.30. The number of carbonyl (C=O) groups excluding carboxylic acids is 1. The Hall–Kier alpha value is -0.610. The fourth-order valence-corrected chi connectivity index (χ4v) is 2.81. The minimum absolute atomic E-state index is 0.302. The summed E-state index contributed by atoms with van der Waals surface area (Å²) < 4.78 is 0. The van der Waals surface area contributed by atoms with Crippen LogP contribution >= 0.6 is 0 Å². The number of rotatable bonds is 8. The zero-order chi connectivity index (χ0) is 13.7. The van der Waals surface area contributed by atoms with E-state index >= 15 is 0 Å². The monoisotopic (exact) mass is 267 g/mol. The summed E-state index contributed by atoms with van der Waals surface area (Å²) in [6.07, 6.45) is 7.31. The Bertz CT molecular complexity index is 285. The first-order valence-electron chi connectivity index (χ1n) is 7.92. The Labute approximate surface area is 117 Å². The van der Waals surface area contributed by atoms with E-state index in [1.54, 1.807) is 0 Å².